The van der Waals surface area contributed by atoms with Crippen molar-refractivity contribution in [3.05, 3.63) is 16.5 Å². The van der Waals surface area contributed by atoms with E-state index in [9.17, 15) is 17.2 Å². The second kappa shape index (κ2) is 4.60. The average Bonchev–Trinajstić information content (AvgIpc) is 2.58. The molecule has 0 atom stereocenters. The Balaban J connectivity index is 2.19. The largest absolute Gasteiger partial charge is 0.293 e. The molecular weight excluding hydrogens is 270 g/mol. The lowest BCUT2D eigenvalue weighted by molar-refractivity contribution is 0.0824. The van der Waals surface area contributed by atoms with Crippen molar-refractivity contribution in [1.29, 1.82) is 0 Å². The zero-order chi connectivity index (χ0) is 12.6. The minimum Gasteiger partial charge on any atom is -0.293 e. The maximum atomic E-state index is 12.2. The summed E-state index contributed by atoms with van der Waals surface area (Å²) in [5, 5.41) is 5.03. The molecule has 17 heavy (non-hydrogen) atoms. The van der Waals surface area contributed by atoms with E-state index in [2.05, 4.69) is 0 Å². The summed E-state index contributed by atoms with van der Waals surface area (Å²) in [6.07, 6.45) is -1.77. The van der Waals surface area contributed by atoms with E-state index >= 15 is 0 Å². The highest BCUT2D eigenvalue weighted by Gasteiger charge is 2.23. The Kier molecular flexibility index (Phi) is 3.48. The summed E-state index contributed by atoms with van der Waals surface area (Å²) in [5.41, 5.74) is 0.797. The van der Waals surface area contributed by atoms with Crippen LogP contribution in [0.5, 0.6) is 0 Å². The molecule has 0 amide bonds. The molecule has 2 rings (SSSR count). The lowest BCUT2D eigenvalue weighted by Crippen LogP contribution is -2.33. The van der Waals surface area contributed by atoms with Gasteiger partial charge in [0, 0.05) is 18.0 Å². The van der Waals surface area contributed by atoms with E-state index < -0.39 is 16.4 Å². The molecule has 1 aliphatic rings. The Labute approximate surface area is 102 Å². The van der Waals surface area contributed by atoms with Crippen molar-refractivity contribution in [3.63, 3.8) is 0 Å². The number of rotatable bonds is 3. The number of fused-ring (bicyclic) bond motifs is 1. The molecule has 0 bridgehead atoms. The predicted octanol–water partition coefficient (Wildman–Crippen LogP) is 1.02. The van der Waals surface area contributed by atoms with E-state index in [1.807, 2.05) is 0 Å². The van der Waals surface area contributed by atoms with Crippen LogP contribution in [0.4, 0.5) is 8.78 Å². The molecular formula is C9H12F2N2O2S2. The Morgan fingerprint density at radius 1 is 1.53 bits per heavy atom. The van der Waals surface area contributed by atoms with Crippen LogP contribution in [-0.4, -0.2) is 32.8 Å². The highest BCUT2D eigenvalue weighted by molar-refractivity contribution is 7.91. The van der Waals surface area contributed by atoms with E-state index in [1.54, 1.807) is 4.90 Å². The molecule has 2 heterocycles. The topological polar surface area (TPSA) is 63.4 Å². The second-order valence-corrected chi connectivity index (χ2v) is 6.86. The SMILES string of the molecule is NS(=O)(=O)c1cc2c(s1)CCN(CC(F)F)C2. The van der Waals surface area contributed by atoms with Crippen LogP contribution in [0.1, 0.15) is 10.4 Å². The summed E-state index contributed by atoms with van der Waals surface area (Å²) in [4.78, 5) is 2.55. The zero-order valence-electron chi connectivity index (χ0n) is 8.90. The van der Waals surface area contributed by atoms with Crippen molar-refractivity contribution in [1.82, 2.24) is 4.90 Å². The number of thiophene rings is 1. The number of nitrogens with two attached hydrogens (primary N) is 1. The number of hydrogen-bond donors (Lipinski definition) is 1. The molecule has 0 aromatic carbocycles. The molecule has 1 aromatic rings. The smallest absolute Gasteiger partial charge is 0.251 e. The van der Waals surface area contributed by atoms with Crippen LogP contribution in [-0.2, 0) is 23.0 Å². The minimum absolute atomic E-state index is 0.112. The zero-order valence-corrected chi connectivity index (χ0v) is 10.5. The van der Waals surface area contributed by atoms with Gasteiger partial charge in [0.1, 0.15) is 4.21 Å². The first kappa shape index (κ1) is 12.9. The van der Waals surface area contributed by atoms with E-state index in [0.29, 0.717) is 19.5 Å². The molecule has 1 aliphatic heterocycles. The van der Waals surface area contributed by atoms with Crippen LogP contribution in [0.25, 0.3) is 0 Å². The lowest BCUT2D eigenvalue weighted by Gasteiger charge is -2.25. The minimum atomic E-state index is -3.69. The van der Waals surface area contributed by atoms with Crippen LogP contribution in [0.2, 0.25) is 0 Å². The summed E-state index contributed by atoms with van der Waals surface area (Å²) in [5.74, 6) is 0. The van der Waals surface area contributed by atoms with Gasteiger partial charge in [-0.2, -0.15) is 0 Å². The Bertz CT molecular complexity index is 513. The summed E-state index contributed by atoms with van der Waals surface area (Å²) < 4.78 is 46.9. The van der Waals surface area contributed by atoms with Gasteiger partial charge in [0.15, 0.2) is 0 Å². The van der Waals surface area contributed by atoms with Gasteiger partial charge in [0.25, 0.3) is 6.43 Å². The van der Waals surface area contributed by atoms with E-state index in [1.165, 1.54) is 6.07 Å². The first-order chi connectivity index (χ1) is 7.86. The molecule has 0 saturated heterocycles. The third-order valence-electron chi connectivity index (χ3n) is 2.60. The molecule has 0 aliphatic carbocycles. The Morgan fingerprint density at radius 2 is 2.24 bits per heavy atom. The fourth-order valence-corrected chi connectivity index (χ4v) is 3.82. The van der Waals surface area contributed by atoms with Crippen LogP contribution in [0, 0.1) is 0 Å². The second-order valence-electron chi connectivity index (χ2n) is 3.94. The molecule has 8 heteroatoms. The van der Waals surface area contributed by atoms with E-state index in [4.69, 9.17) is 5.14 Å². The Hall–Kier alpha value is -0.570. The first-order valence-corrected chi connectivity index (χ1v) is 7.37. The fourth-order valence-electron chi connectivity index (χ4n) is 1.86. The number of alkyl halides is 2. The summed E-state index contributed by atoms with van der Waals surface area (Å²) >= 11 is 1.14. The monoisotopic (exact) mass is 282 g/mol. The molecule has 2 N–H and O–H groups in total. The molecule has 0 spiro atoms. The normalized spacial score (nSPS) is 17.4. The van der Waals surface area contributed by atoms with Crippen molar-refractivity contribution in [2.75, 3.05) is 13.1 Å². The van der Waals surface area contributed by atoms with E-state index in [-0.39, 0.29) is 10.8 Å². The molecule has 0 radical (unpaired) electrons. The molecule has 0 fully saturated rings. The highest BCUT2D eigenvalue weighted by atomic mass is 32.2. The quantitative estimate of drug-likeness (QED) is 0.900. The van der Waals surface area contributed by atoms with Crippen LogP contribution in [0.15, 0.2) is 10.3 Å². The number of primary sulfonamides is 1. The first-order valence-electron chi connectivity index (χ1n) is 5.01. The molecule has 1 aromatic heterocycles. The van der Waals surface area contributed by atoms with Gasteiger partial charge in [-0.3, -0.25) is 4.90 Å². The van der Waals surface area contributed by atoms with Gasteiger partial charge in [-0.05, 0) is 18.1 Å². The summed E-state index contributed by atoms with van der Waals surface area (Å²) in [7, 11) is -3.69. The number of hydrogen-bond acceptors (Lipinski definition) is 4. The standard InChI is InChI=1S/C9H12F2N2O2S2/c10-8(11)5-13-2-1-7-6(4-13)3-9(16-7)17(12,14)15/h3,8H,1-2,4-5H2,(H2,12,14,15). The molecule has 96 valence electrons. The maximum Gasteiger partial charge on any atom is 0.251 e. The van der Waals surface area contributed by atoms with Gasteiger partial charge in [-0.15, -0.1) is 11.3 Å². The van der Waals surface area contributed by atoms with Crippen LogP contribution >= 0.6 is 11.3 Å². The predicted molar refractivity (Wildman–Crippen MR) is 60.7 cm³/mol. The highest BCUT2D eigenvalue weighted by Crippen LogP contribution is 2.30. The van der Waals surface area contributed by atoms with Crippen molar-refractivity contribution in [2.24, 2.45) is 5.14 Å². The maximum absolute atomic E-state index is 12.2. The van der Waals surface area contributed by atoms with E-state index in [0.717, 1.165) is 21.8 Å². The average molecular weight is 282 g/mol. The summed E-state index contributed by atoms with van der Waals surface area (Å²) in [6, 6.07) is 1.49. The van der Waals surface area contributed by atoms with Gasteiger partial charge in [-0.25, -0.2) is 22.3 Å². The lowest BCUT2D eigenvalue weighted by atomic mass is 10.1. The van der Waals surface area contributed by atoms with Gasteiger partial charge < -0.3 is 0 Å². The van der Waals surface area contributed by atoms with Gasteiger partial charge in [0.05, 0.1) is 6.54 Å². The Morgan fingerprint density at radius 3 is 2.82 bits per heavy atom. The van der Waals surface area contributed by atoms with Gasteiger partial charge in [-0.1, -0.05) is 0 Å². The van der Waals surface area contributed by atoms with Gasteiger partial charge >= 0.3 is 0 Å². The third kappa shape index (κ3) is 3.01. The van der Waals surface area contributed by atoms with Crippen molar-refractivity contribution >= 4 is 21.4 Å². The number of halogens is 2. The number of nitrogens with zero attached hydrogens (tertiary/aromatic N) is 1. The fraction of sp³-hybridized carbons (Fsp3) is 0.556. The van der Waals surface area contributed by atoms with Crippen molar-refractivity contribution < 1.29 is 17.2 Å². The van der Waals surface area contributed by atoms with Crippen molar-refractivity contribution in [3.8, 4) is 0 Å². The molecule has 0 saturated carbocycles. The van der Waals surface area contributed by atoms with Crippen LogP contribution < -0.4 is 5.14 Å². The molecule has 0 unspecified atom stereocenters. The van der Waals surface area contributed by atoms with Crippen LogP contribution in [0.3, 0.4) is 0 Å². The van der Waals surface area contributed by atoms with Gasteiger partial charge in [0.2, 0.25) is 10.0 Å². The molecule has 4 nitrogen and oxygen atoms in total. The third-order valence-corrected chi connectivity index (χ3v) is 5.26. The summed E-state index contributed by atoms with van der Waals surface area (Å²) in [6.45, 7) is 0.619. The van der Waals surface area contributed by atoms with Crippen molar-refractivity contribution in [2.45, 2.75) is 23.6 Å². The number of sulfonamides is 1.